The molecule has 1 fully saturated rings. The maximum atomic E-state index is 12.8. The van der Waals surface area contributed by atoms with Crippen LogP contribution in [0.4, 0.5) is 11.4 Å². The first kappa shape index (κ1) is 30.5. The van der Waals surface area contributed by atoms with E-state index in [0.29, 0.717) is 59.0 Å². The molecule has 0 saturated carbocycles. The first-order valence-corrected chi connectivity index (χ1v) is 15.3. The van der Waals surface area contributed by atoms with E-state index in [9.17, 15) is 9.59 Å². The van der Waals surface area contributed by atoms with Gasteiger partial charge in [0.2, 0.25) is 18.6 Å². The number of hydrogen-bond donors (Lipinski definition) is 2. The zero-order valence-corrected chi connectivity index (χ0v) is 25.8. The topological polar surface area (TPSA) is 105 Å². The number of carbonyl (C=O) groups is 2. The van der Waals surface area contributed by atoms with Crippen molar-refractivity contribution < 1.29 is 23.8 Å². The molecule has 2 aliphatic heterocycles. The van der Waals surface area contributed by atoms with Gasteiger partial charge in [-0.3, -0.25) is 14.5 Å². The average molecular weight is 649 g/mol. The highest BCUT2D eigenvalue weighted by Gasteiger charge is 2.22. The van der Waals surface area contributed by atoms with Crippen LogP contribution in [0.15, 0.2) is 79.0 Å². The lowest BCUT2D eigenvalue weighted by molar-refractivity contribution is -0.132. The van der Waals surface area contributed by atoms with Crippen molar-refractivity contribution in [3.63, 3.8) is 0 Å². The molecule has 4 aromatic rings. The van der Waals surface area contributed by atoms with Crippen LogP contribution in [0.3, 0.4) is 0 Å². The Kier molecular flexibility index (Phi) is 9.54. The van der Waals surface area contributed by atoms with E-state index in [0.717, 1.165) is 36.8 Å². The number of nitrogens with zero attached hydrogens (tertiary/aromatic N) is 3. The average Bonchev–Trinajstić information content (AvgIpc) is 3.52. The van der Waals surface area contributed by atoms with Crippen LogP contribution in [-0.2, 0) is 11.3 Å². The van der Waals surface area contributed by atoms with E-state index >= 15 is 0 Å². The van der Waals surface area contributed by atoms with Gasteiger partial charge >= 0.3 is 0 Å². The maximum Gasteiger partial charge on any atom is 0.255 e. The summed E-state index contributed by atoms with van der Waals surface area (Å²) in [7, 11) is 0. The molecule has 0 unspecified atom stereocenters. The molecule has 3 heterocycles. The Balaban J connectivity index is 0.899. The summed E-state index contributed by atoms with van der Waals surface area (Å²) in [5.74, 6) is 2.39. The van der Waals surface area contributed by atoms with Gasteiger partial charge in [0.1, 0.15) is 5.75 Å². The Morgan fingerprint density at radius 3 is 2.38 bits per heavy atom. The Bertz CT molecular complexity index is 1660. The van der Waals surface area contributed by atoms with Gasteiger partial charge in [-0.1, -0.05) is 29.3 Å². The van der Waals surface area contributed by atoms with Crippen LogP contribution in [0.2, 0.25) is 10.0 Å². The summed E-state index contributed by atoms with van der Waals surface area (Å²) in [5.41, 5.74) is 2.96. The van der Waals surface area contributed by atoms with Gasteiger partial charge in [0, 0.05) is 63.0 Å². The van der Waals surface area contributed by atoms with Crippen molar-refractivity contribution in [2.75, 3.05) is 50.2 Å². The molecule has 10 nitrogen and oxygen atoms in total. The molecule has 12 heteroatoms. The predicted molar refractivity (Wildman–Crippen MR) is 173 cm³/mol. The number of pyridine rings is 1. The minimum absolute atomic E-state index is 0.146. The zero-order chi connectivity index (χ0) is 31.2. The van der Waals surface area contributed by atoms with E-state index < -0.39 is 0 Å². The highest BCUT2D eigenvalue weighted by molar-refractivity contribution is 6.42. The van der Waals surface area contributed by atoms with Crippen LogP contribution in [0, 0.1) is 0 Å². The van der Waals surface area contributed by atoms with Crippen molar-refractivity contribution in [2.24, 2.45) is 0 Å². The first-order valence-electron chi connectivity index (χ1n) is 14.5. The molecule has 3 aromatic carbocycles. The number of ether oxygens (including phenoxy) is 3. The van der Waals surface area contributed by atoms with E-state index in [2.05, 4.69) is 26.6 Å². The summed E-state index contributed by atoms with van der Waals surface area (Å²) in [6.07, 6.45) is 1.93. The van der Waals surface area contributed by atoms with Crippen LogP contribution in [0.1, 0.15) is 22.3 Å². The summed E-state index contributed by atoms with van der Waals surface area (Å²) in [4.78, 5) is 33.8. The summed E-state index contributed by atoms with van der Waals surface area (Å²) in [5, 5.41) is 6.76. The molecule has 2 N–H and O–H groups in total. The lowest BCUT2D eigenvalue weighted by Crippen LogP contribution is -2.48. The molecule has 0 spiro atoms. The highest BCUT2D eigenvalue weighted by Crippen LogP contribution is 2.33. The second-order valence-electron chi connectivity index (χ2n) is 10.6. The van der Waals surface area contributed by atoms with Gasteiger partial charge in [0.25, 0.3) is 5.91 Å². The van der Waals surface area contributed by atoms with Crippen molar-refractivity contribution in [1.29, 1.82) is 0 Å². The van der Waals surface area contributed by atoms with Crippen molar-refractivity contribution >= 4 is 46.4 Å². The van der Waals surface area contributed by atoms with Crippen molar-refractivity contribution in [3.05, 3.63) is 100 Å². The van der Waals surface area contributed by atoms with Crippen LogP contribution < -0.4 is 24.8 Å². The lowest BCUT2D eigenvalue weighted by atomic mass is 10.1. The van der Waals surface area contributed by atoms with E-state index in [-0.39, 0.29) is 18.6 Å². The number of nitrogens with one attached hydrogen (secondary N) is 2. The van der Waals surface area contributed by atoms with E-state index in [1.807, 2.05) is 41.3 Å². The van der Waals surface area contributed by atoms with E-state index in [4.69, 9.17) is 37.4 Å². The van der Waals surface area contributed by atoms with E-state index in [1.165, 1.54) is 17.8 Å². The standard InChI is InChI=1S/C33H31Cl2N5O5/c34-27-8-2-23(18-28(27)35)33(42)38-25-5-10-31(37-19-25)45-26-6-3-24(4-7-26)36-12-11-32(41)40-15-13-39(14-16-40)20-22-1-9-29-30(17-22)44-21-43-29/h1-10,17-19,36H,11-16,20-21H2,(H,38,42). The van der Waals surface area contributed by atoms with Gasteiger partial charge in [-0.05, 0) is 66.2 Å². The molecular weight excluding hydrogens is 617 g/mol. The molecule has 2 amide bonds. The molecule has 0 atom stereocenters. The Morgan fingerprint density at radius 1 is 0.844 bits per heavy atom. The Morgan fingerprint density at radius 2 is 1.62 bits per heavy atom. The molecule has 0 aliphatic carbocycles. The quantitative estimate of drug-likeness (QED) is 0.206. The number of fused-ring (bicyclic) bond motifs is 1. The third-order valence-electron chi connectivity index (χ3n) is 7.49. The van der Waals surface area contributed by atoms with Crippen LogP contribution in [0.25, 0.3) is 0 Å². The second kappa shape index (κ2) is 14.1. The fraction of sp³-hybridized carbons (Fsp3) is 0.242. The summed E-state index contributed by atoms with van der Waals surface area (Å²) >= 11 is 11.9. The largest absolute Gasteiger partial charge is 0.454 e. The van der Waals surface area contributed by atoms with Crippen LogP contribution in [0.5, 0.6) is 23.1 Å². The summed E-state index contributed by atoms with van der Waals surface area (Å²) < 4.78 is 16.7. The van der Waals surface area contributed by atoms with Crippen LogP contribution >= 0.6 is 23.2 Å². The summed E-state index contributed by atoms with van der Waals surface area (Å²) in [6, 6.07) is 21.5. The van der Waals surface area contributed by atoms with Crippen molar-refractivity contribution in [3.8, 4) is 23.1 Å². The number of hydrogen-bond acceptors (Lipinski definition) is 8. The minimum atomic E-state index is -0.328. The third kappa shape index (κ3) is 7.96. The SMILES string of the molecule is O=C(Nc1ccc(Oc2ccc(NCCC(=O)N3CCN(Cc4ccc5c(c4)OCO5)CC3)cc2)nc1)c1ccc(Cl)c(Cl)c1. The van der Waals surface area contributed by atoms with Gasteiger partial charge < -0.3 is 29.7 Å². The number of carbonyl (C=O) groups excluding carboxylic acids is 2. The van der Waals surface area contributed by atoms with Gasteiger partial charge in [0.05, 0.1) is 21.9 Å². The fourth-order valence-corrected chi connectivity index (χ4v) is 5.34. The Hall–Kier alpha value is -4.51. The molecule has 2 aliphatic rings. The molecular formula is C33H31Cl2N5O5. The fourth-order valence-electron chi connectivity index (χ4n) is 5.04. The minimum Gasteiger partial charge on any atom is -0.454 e. The maximum absolute atomic E-state index is 12.8. The first-order chi connectivity index (χ1) is 21.9. The normalized spacial score (nSPS) is 14.2. The molecule has 0 radical (unpaired) electrons. The van der Waals surface area contributed by atoms with Gasteiger partial charge in [0.15, 0.2) is 11.5 Å². The third-order valence-corrected chi connectivity index (χ3v) is 8.23. The van der Waals surface area contributed by atoms with Gasteiger partial charge in [-0.15, -0.1) is 0 Å². The second-order valence-corrected chi connectivity index (χ2v) is 11.4. The smallest absolute Gasteiger partial charge is 0.255 e. The molecule has 0 bridgehead atoms. The van der Waals surface area contributed by atoms with E-state index in [1.54, 1.807) is 24.3 Å². The number of benzene rings is 3. The number of amides is 2. The number of aromatic nitrogens is 1. The monoisotopic (exact) mass is 647 g/mol. The number of anilines is 2. The molecule has 232 valence electrons. The zero-order valence-electron chi connectivity index (χ0n) is 24.3. The number of rotatable bonds is 10. The van der Waals surface area contributed by atoms with Crippen molar-refractivity contribution in [2.45, 2.75) is 13.0 Å². The lowest BCUT2D eigenvalue weighted by Gasteiger charge is -2.35. The summed E-state index contributed by atoms with van der Waals surface area (Å²) in [6.45, 7) is 4.73. The van der Waals surface area contributed by atoms with Crippen molar-refractivity contribution in [1.82, 2.24) is 14.8 Å². The molecule has 1 saturated heterocycles. The van der Waals surface area contributed by atoms with Gasteiger partial charge in [-0.25, -0.2) is 4.98 Å². The molecule has 1 aromatic heterocycles. The number of piperazine rings is 1. The molecule has 6 rings (SSSR count). The number of halogens is 2. The predicted octanol–water partition coefficient (Wildman–Crippen LogP) is 6.31. The molecule has 45 heavy (non-hydrogen) atoms. The van der Waals surface area contributed by atoms with Crippen LogP contribution in [-0.4, -0.2) is 66.1 Å². The van der Waals surface area contributed by atoms with Gasteiger partial charge in [-0.2, -0.15) is 0 Å². The Labute approximate surface area is 270 Å². The highest BCUT2D eigenvalue weighted by atomic mass is 35.5.